The SMILES string of the molecule is Cc1c(Cl)cc(C(C)n2nc(C)c3c(N)ncnc32)c2c1C(=O)NCC(OC(=O)C(F)(F)F)O2. The number of nitrogens with two attached hydrogens (primary N) is 1. The van der Waals surface area contributed by atoms with Crippen molar-refractivity contribution < 1.29 is 32.2 Å². The van der Waals surface area contributed by atoms with Gasteiger partial charge in [-0.2, -0.15) is 18.3 Å². The zero-order valence-corrected chi connectivity index (χ0v) is 18.8. The fourth-order valence-corrected chi connectivity index (χ4v) is 3.93. The second-order valence-corrected chi connectivity index (χ2v) is 8.01. The quantitative estimate of drug-likeness (QED) is 0.526. The number of aryl methyl sites for hydroxylation is 1. The van der Waals surface area contributed by atoms with E-state index < -0.39 is 36.9 Å². The zero-order chi connectivity index (χ0) is 24.9. The molecule has 3 N–H and O–H groups in total. The number of anilines is 1. The summed E-state index contributed by atoms with van der Waals surface area (Å²) >= 11 is 6.39. The molecule has 0 radical (unpaired) electrons. The Labute approximate surface area is 195 Å². The lowest BCUT2D eigenvalue weighted by molar-refractivity contribution is -0.215. The molecule has 3 heterocycles. The van der Waals surface area contributed by atoms with E-state index in [2.05, 4.69) is 25.1 Å². The third-order valence-electron chi connectivity index (χ3n) is 5.39. The predicted molar refractivity (Wildman–Crippen MR) is 113 cm³/mol. The summed E-state index contributed by atoms with van der Waals surface area (Å²) in [5.74, 6) is -2.97. The average Bonchev–Trinajstić information content (AvgIpc) is 3.01. The first-order valence-corrected chi connectivity index (χ1v) is 10.3. The fraction of sp³-hybridized carbons (Fsp3) is 0.350. The molecule has 2 unspecified atom stereocenters. The van der Waals surface area contributed by atoms with Gasteiger partial charge in [0.1, 0.15) is 17.9 Å². The topological polar surface area (TPSA) is 134 Å². The second kappa shape index (κ2) is 8.31. The molecule has 0 aliphatic carbocycles. The number of amides is 1. The predicted octanol–water partition coefficient (Wildman–Crippen LogP) is 2.84. The summed E-state index contributed by atoms with van der Waals surface area (Å²) in [5.41, 5.74) is 7.53. The Bertz CT molecular complexity index is 1330. The number of hydrogen-bond acceptors (Lipinski definition) is 8. The van der Waals surface area contributed by atoms with Crippen LogP contribution in [0, 0.1) is 13.8 Å². The second-order valence-electron chi connectivity index (χ2n) is 7.60. The Balaban J connectivity index is 1.85. The van der Waals surface area contributed by atoms with Crippen LogP contribution in [0.5, 0.6) is 5.75 Å². The molecule has 180 valence electrons. The molecule has 0 saturated heterocycles. The van der Waals surface area contributed by atoms with E-state index in [0.717, 1.165) is 0 Å². The van der Waals surface area contributed by atoms with Crippen LogP contribution < -0.4 is 15.8 Å². The molecule has 2 aromatic heterocycles. The molecule has 34 heavy (non-hydrogen) atoms. The highest BCUT2D eigenvalue weighted by atomic mass is 35.5. The summed E-state index contributed by atoms with van der Waals surface area (Å²) in [6.07, 6.45) is -5.71. The van der Waals surface area contributed by atoms with Gasteiger partial charge in [0.25, 0.3) is 12.2 Å². The number of ether oxygens (including phenoxy) is 2. The first kappa shape index (κ1) is 23.5. The van der Waals surface area contributed by atoms with Crippen LogP contribution in [0.4, 0.5) is 19.0 Å². The maximum Gasteiger partial charge on any atom is 0.491 e. The van der Waals surface area contributed by atoms with Crippen molar-refractivity contribution >= 4 is 40.3 Å². The fourth-order valence-electron chi connectivity index (χ4n) is 3.72. The van der Waals surface area contributed by atoms with Gasteiger partial charge in [-0.1, -0.05) is 11.6 Å². The number of fused-ring (bicyclic) bond motifs is 2. The summed E-state index contributed by atoms with van der Waals surface area (Å²) in [6.45, 7) is 4.47. The lowest BCUT2D eigenvalue weighted by atomic mass is 9.98. The average molecular weight is 499 g/mol. The maximum absolute atomic E-state index is 12.8. The highest BCUT2D eigenvalue weighted by molar-refractivity contribution is 6.32. The number of nitrogens with one attached hydrogen (secondary N) is 1. The Morgan fingerprint density at radius 2 is 2.09 bits per heavy atom. The van der Waals surface area contributed by atoms with Crippen molar-refractivity contribution in [2.75, 3.05) is 12.3 Å². The van der Waals surface area contributed by atoms with Gasteiger partial charge in [0, 0.05) is 10.6 Å². The van der Waals surface area contributed by atoms with Crippen molar-refractivity contribution in [1.29, 1.82) is 0 Å². The van der Waals surface area contributed by atoms with Crippen molar-refractivity contribution in [3.05, 3.63) is 39.8 Å². The third-order valence-corrected chi connectivity index (χ3v) is 5.78. The molecule has 4 rings (SSSR count). The van der Waals surface area contributed by atoms with E-state index in [1.807, 2.05) is 0 Å². The van der Waals surface area contributed by atoms with Gasteiger partial charge in [-0.05, 0) is 32.4 Å². The smallest absolute Gasteiger partial charge is 0.452 e. The minimum absolute atomic E-state index is 0.00207. The number of nitrogens with zero attached hydrogens (tertiary/aromatic N) is 4. The number of carbonyl (C=O) groups is 2. The van der Waals surface area contributed by atoms with Crippen LogP contribution in [0.2, 0.25) is 5.02 Å². The zero-order valence-electron chi connectivity index (χ0n) is 18.0. The van der Waals surface area contributed by atoms with E-state index in [4.69, 9.17) is 22.1 Å². The van der Waals surface area contributed by atoms with E-state index >= 15 is 0 Å². The van der Waals surface area contributed by atoms with Gasteiger partial charge in [0.05, 0.1) is 29.2 Å². The number of carbonyl (C=O) groups excluding carboxylic acids is 2. The molecule has 1 amide bonds. The molecular formula is C20H18ClF3N6O4. The number of benzene rings is 1. The van der Waals surface area contributed by atoms with E-state index in [1.54, 1.807) is 20.8 Å². The first-order chi connectivity index (χ1) is 15.9. The molecule has 0 saturated carbocycles. The minimum Gasteiger partial charge on any atom is -0.452 e. The molecule has 1 aromatic carbocycles. The Hall–Kier alpha value is -3.61. The van der Waals surface area contributed by atoms with E-state index in [1.165, 1.54) is 17.1 Å². The molecule has 3 aromatic rings. The lowest BCUT2D eigenvalue weighted by Crippen LogP contribution is -2.39. The summed E-state index contributed by atoms with van der Waals surface area (Å²) in [6, 6.07) is 0.830. The largest absolute Gasteiger partial charge is 0.491 e. The Morgan fingerprint density at radius 3 is 2.76 bits per heavy atom. The summed E-state index contributed by atoms with van der Waals surface area (Å²) in [7, 11) is 0. The van der Waals surface area contributed by atoms with Crippen molar-refractivity contribution in [2.45, 2.75) is 39.3 Å². The molecule has 1 aliphatic rings. The number of nitrogen functional groups attached to an aromatic ring is 1. The van der Waals surface area contributed by atoms with Crippen LogP contribution in [0.1, 0.15) is 40.1 Å². The number of halogens is 4. The Morgan fingerprint density at radius 1 is 1.38 bits per heavy atom. The van der Waals surface area contributed by atoms with Crippen LogP contribution in [-0.4, -0.2) is 50.6 Å². The molecule has 14 heteroatoms. The van der Waals surface area contributed by atoms with Gasteiger partial charge in [0.2, 0.25) is 0 Å². The van der Waals surface area contributed by atoms with E-state index in [-0.39, 0.29) is 22.2 Å². The van der Waals surface area contributed by atoms with Crippen LogP contribution in [0.25, 0.3) is 11.0 Å². The van der Waals surface area contributed by atoms with Gasteiger partial charge < -0.3 is 20.5 Å². The molecule has 10 nitrogen and oxygen atoms in total. The van der Waals surface area contributed by atoms with Crippen molar-refractivity contribution in [2.24, 2.45) is 0 Å². The monoisotopic (exact) mass is 498 g/mol. The number of alkyl halides is 3. The molecular weight excluding hydrogens is 481 g/mol. The molecule has 2 atom stereocenters. The minimum atomic E-state index is -5.24. The number of esters is 1. The number of aromatic nitrogens is 4. The molecule has 1 aliphatic heterocycles. The maximum atomic E-state index is 12.8. The van der Waals surface area contributed by atoms with Crippen LogP contribution in [0.15, 0.2) is 12.4 Å². The third kappa shape index (κ3) is 3.95. The van der Waals surface area contributed by atoms with Crippen LogP contribution in [-0.2, 0) is 9.53 Å². The summed E-state index contributed by atoms with van der Waals surface area (Å²) in [5, 5.41) is 7.60. The van der Waals surface area contributed by atoms with Crippen LogP contribution in [0.3, 0.4) is 0 Å². The number of rotatable bonds is 3. The van der Waals surface area contributed by atoms with Crippen molar-refractivity contribution in [3.63, 3.8) is 0 Å². The van der Waals surface area contributed by atoms with Gasteiger partial charge >= 0.3 is 12.1 Å². The highest BCUT2D eigenvalue weighted by Gasteiger charge is 2.43. The number of hydrogen-bond donors (Lipinski definition) is 2. The Kier molecular flexibility index (Phi) is 5.75. The van der Waals surface area contributed by atoms with E-state index in [0.29, 0.717) is 27.9 Å². The van der Waals surface area contributed by atoms with Crippen molar-refractivity contribution in [3.8, 4) is 5.75 Å². The van der Waals surface area contributed by atoms with E-state index in [9.17, 15) is 22.8 Å². The van der Waals surface area contributed by atoms with Gasteiger partial charge in [-0.15, -0.1) is 0 Å². The normalized spacial score (nSPS) is 16.9. The molecule has 0 fully saturated rings. The van der Waals surface area contributed by atoms with Crippen LogP contribution >= 0.6 is 11.6 Å². The highest BCUT2D eigenvalue weighted by Crippen LogP contribution is 2.40. The van der Waals surface area contributed by atoms with Gasteiger partial charge in [-0.25, -0.2) is 19.4 Å². The standard InChI is InChI=1S/C20H18ClF3N6O4/c1-7-11(21)4-10(9(3)30-17-14(8(2)29-30)16(25)27-6-28-17)15-13(7)18(31)26-5-12(33-15)34-19(32)20(22,23)24/h4,6,9,12H,5H2,1-3H3,(H,26,31)(H2,25,27,28). The summed E-state index contributed by atoms with van der Waals surface area (Å²) in [4.78, 5) is 32.4. The lowest BCUT2D eigenvalue weighted by Gasteiger charge is -2.23. The van der Waals surface area contributed by atoms with Crippen molar-refractivity contribution in [1.82, 2.24) is 25.1 Å². The first-order valence-electron chi connectivity index (χ1n) is 9.91. The molecule has 0 bridgehead atoms. The van der Waals surface area contributed by atoms with Gasteiger partial charge in [-0.3, -0.25) is 4.79 Å². The van der Waals surface area contributed by atoms with Gasteiger partial charge in [0.15, 0.2) is 5.65 Å². The summed E-state index contributed by atoms with van der Waals surface area (Å²) < 4.78 is 49.8. The molecule has 0 spiro atoms.